The Labute approximate surface area is 129 Å². The highest BCUT2D eigenvalue weighted by molar-refractivity contribution is 6.31. The average Bonchev–Trinajstić information content (AvgIpc) is 2.48. The number of carbonyl (C=O) groups is 2. The first-order valence-corrected chi connectivity index (χ1v) is 7.67. The Hall–Kier alpha value is -1.55. The lowest BCUT2D eigenvalue weighted by Gasteiger charge is -2.32. The van der Waals surface area contributed by atoms with Crippen LogP contribution in [0.5, 0.6) is 0 Å². The van der Waals surface area contributed by atoms with E-state index in [0.717, 1.165) is 24.9 Å². The molecule has 1 saturated heterocycles. The zero-order chi connectivity index (χ0) is 15.2. The van der Waals surface area contributed by atoms with Gasteiger partial charge in [0.15, 0.2) is 0 Å². The molecule has 1 atom stereocenters. The molecule has 1 fully saturated rings. The van der Waals surface area contributed by atoms with Gasteiger partial charge in [-0.2, -0.15) is 0 Å². The summed E-state index contributed by atoms with van der Waals surface area (Å²) in [6.07, 6.45) is 3.08. The summed E-state index contributed by atoms with van der Waals surface area (Å²) >= 11 is 6.08. The lowest BCUT2D eigenvalue weighted by Crippen LogP contribution is -2.40. The van der Waals surface area contributed by atoms with Crippen molar-refractivity contribution in [2.45, 2.75) is 32.1 Å². The summed E-state index contributed by atoms with van der Waals surface area (Å²) in [5, 5.41) is 9.37. The number of halogens is 1. The Morgan fingerprint density at radius 3 is 2.81 bits per heavy atom. The predicted molar refractivity (Wildman–Crippen MR) is 81.3 cm³/mol. The smallest absolute Gasteiger partial charge is 0.303 e. The number of piperidine rings is 1. The molecule has 2 rings (SSSR count). The lowest BCUT2D eigenvalue weighted by molar-refractivity contribution is -0.137. The highest BCUT2D eigenvalue weighted by Gasteiger charge is 2.24. The van der Waals surface area contributed by atoms with E-state index >= 15 is 0 Å². The third-order valence-electron chi connectivity index (χ3n) is 3.94. The van der Waals surface area contributed by atoms with Crippen LogP contribution in [0.1, 0.15) is 31.2 Å². The summed E-state index contributed by atoms with van der Waals surface area (Å²) in [5.74, 6) is -0.400. The first-order valence-electron chi connectivity index (χ1n) is 7.29. The van der Waals surface area contributed by atoms with Crippen LogP contribution in [0.4, 0.5) is 0 Å². The van der Waals surface area contributed by atoms with Crippen molar-refractivity contribution >= 4 is 23.5 Å². The van der Waals surface area contributed by atoms with Crippen molar-refractivity contribution in [1.82, 2.24) is 4.90 Å². The Morgan fingerprint density at radius 1 is 1.33 bits per heavy atom. The molecule has 1 amide bonds. The van der Waals surface area contributed by atoms with E-state index < -0.39 is 5.97 Å². The molecule has 1 aliphatic heterocycles. The van der Waals surface area contributed by atoms with Gasteiger partial charge in [-0.15, -0.1) is 0 Å². The zero-order valence-corrected chi connectivity index (χ0v) is 12.7. The molecule has 0 unspecified atom stereocenters. The molecule has 5 heteroatoms. The maximum absolute atomic E-state index is 12.4. The Kier molecular flexibility index (Phi) is 5.62. The number of aliphatic carboxylic acids is 1. The van der Waals surface area contributed by atoms with E-state index in [1.54, 1.807) is 6.07 Å². The molecule has 114 valence electrons. The van der Waals surface area contributed by atoms with Crippen LogP contribution in [0.25, 0.3) is 0 Å². The van der Waals surface area contributed by atoms with Gasteiger partial charge in [0.1, 0.15) is 0 Å². The summed E-state index contributed by atoms with van der Waals surface area (Å²) in [6, 6.07) is 7.38. The third-order valence-corrected chi connectivity index (χ3v) is 4.31. The van der Waals surface area contributed by atoms with Gasteiger partial charge in [0.05, 0.1) is 6.42 Å². The second-order valence-corrected chi connectivity index (χ2v) is 5.96. The number of hydrogen-bond donors (Lipinski definition) is 1. The minimum atomic E-state index is -0.769. The second-order valence-electron chi connectivity index (χ2n) is 5.55. The molecule has 0 aromatic heterocycles. The summed E-state index contributed by atoms with van der Waals surface area (Å²) < 4.78 is 0. The third kappa shape index (κ3) is 4.74. The average molecular weight is 310 g/mol. The van der Waals surface area contributed by atoms with E-state index in [4.69, 9.17) is 16.7 Å². The van der Waals surface area contributed by atoms with Crippen molar-refractivity contribution < 1.29 is 14.7 Å². The van der Waals surface area contributed by atoms with Crippen LogP contribution in [0.3, 0.4) is 0 Å². The van der Waals surface area contributed by atoms with Crippen molar-refractivity contribution in [3.05, 3.63) is 34.9 Å². The van der Waals surface area contributed by atoms with Gasteiger partial charge in [-0.05, 0) is 36.8 Å². The van der Waals surface area contributed by atoms with Crippen molar-refractivity contribution in [2.75, 3.05) is 13.1 Å². The van der Waals surface area contributed by atoms with Gasteiger partial charge in [-0.3, -0.25) is 9.59 Å². The molecule has 1 aromatic rings. The monoisotopic (exact) mass is 309 g/mol. The minimum Gasteiger partial charge on any atom is -0.481 e. The fourth-order valence-corrected chi connectivity index (χ4v) is 2.97. The van der Waals surface area contributed by atoms with Crippen LogP contribution in [-0.2, 0) is 16.0 Å². The van der Waals surface area contributed by atoms with E-state index in [0.29, 0.717) is 30.3 Å². The summed E-state index contributed by atoms with van der Waals surface area (Å²) in [7, 11) is 0. The first-order chi connectivity index (χ1) is 10.1. The van der Waals surface area contributed by atoms with Gasteiger partial charge >= 0.3 is 5.97 Å². The summed E-state index contributed by atoms with van der Waals surface area (Å²) in [6.45, 7) is 1.42. The van der Waals surface area contributed by atoms with E-state index in [1.165, 1.54) is 0 Å². The standard InChI is InChI=1S/C16H20ClNO3/c17-14-6-2-1-5-13(14)10-15(19)18-9-3-4-12(11-18)7-8-16(20)21/h1-2,5-6,12H,3-4,7-11H2,(H,20,21)/t12-/m0/s1. The van der Waals surface area contributed by atoms with Crippen molar-refractivity contribution in [3.8, 4) is 0 Å². The number of amides is 1. The second kappa shape index (κ2) is 7.46. The number of rotatable bonds is 5. The van der Waals surface area contributed by atoms with Gasteiger partial charge in [-0.25, -0.2) is 0 Å². The van der Waals surface area contributed by atoms with Gasteiger partial charge in [0, 0.05) is 24.5 Å². The maximum atomic E-state index is 12.4. The van der Waals surface area contributed by atoms with E-state index in [2.05, 4.69) is 0 Å². The number of carboxylic acid groups (broad SMARTS) is 1. The van der Waals surface area contributed by atoms with Crippen molar-refractivity contribution in [3.63, 3.8) is 0 Å². The number of carbonyl (C=O) groups excluding carboxylic acids is 1. The van der Waals surface area contributed by atoms with Gasteiger partial charge < -0.3 is 10.0 Å². The molecule has 0 saturated carbocycles. The molecule has 1 N–H and O–H groups in total. The molecular weight excluding hydrogens is 290 g/mol. The fourth-order valence-electron chi connectivity index (χ4n) is 2.77. The van der Waals surface area contributed by atoms with Crippen LogP contribution in [0.2, 0.25) is 5.02 Å². The number of carboxylic acids is 1. The van der Waals surface area contributed by atoms with Crippen LogP contribution in [-0.4, -0.2) is 35.0 Å². The van der Waals surface area contributed by atoms with Crippen LogP contribution in [0, 0.1) is 5.92 Å². The van der Waals surface area contributed by atoms with E-state index in [-0.39, 0.29) is 12.3 Å². The minimum absolute atomic E-state index is 0.0723. The Morgan fingerprint density at radius 2 is 2.10 bits per heavy atom. The van der Waals surface area contributed by atoms with Crippen LogP contribution in [0.15, 0.2) is 24.3 Å². The quantitative estimate of drug-likeness (QED) is 0.909. The largest absolute Gasteiger partial charge is 0.481 e. The molecule has 1 aromatic carbocycles. The number of nitrogens with zero attached hydrogens (tertiary/aromatic N) is 1. The topological polar surface area (TPSA) is 57.6 Å². The van der Waals surface area contributed by atoms with E-state index in [9.17, 15) is 9.59 Å². The molecule has 1 aliphatic rings. The Balaban J connectivity index is 1.90. The van der Waals surface area contributed by atoms with Crippen molar-refractivity contribution in [1.29, 1.82) is 0 Å². The normalized spacial score (nSPS) is 18.5. The van der Waals surface area contributed by atoms with Gasteiger partial charge in [-0.1, -0.05) is 29.8 Å². The number of hydrogen-bond acceptors (Lipinski definition) is 2. The first kappa shape index (κ1) is 15.8. The Bertz CT molecular complexity index is 518. The highest BCUT2D eigenvalue weighted by atomic mass is 35.5. The summed E-state index contributed by atoms with van der Waals surface area (Å²) in [4.78, 5) is 24.8. The summed E-state index contributed by atoms with van der Waals surface area (Å²) in [5.41, 5.74) is 0.844. The molecule has 0 radical (unpaired) electrons. The molecule has 0 bridgehead atoms. The molecular formula is C16H20ClNO3. The molecule has 0 aliphatic carbocycles. The maximum Gasteiger partial charge on any atom is 0.303 e. The van der Waals surface area contributed by atoms with Crippen LogP contribution >= 0.6 is 11.6 Å². The van der Waals surface area contributed by atoms with Gasteiger partial charge in [0.25, 0.3) is 0 Å². The zero-order valence-electron chi connectivity index (χ0n) is 11.9. The van der Waals surface area contributed by atoms with Gasteiger partial charge in [0.2, 0.25) is 5.91 Å². The SMILES string of the molecule is O=C(O)CC[C@@H]1CCCN(C(=O)Cc2ccccc2Cl)C1. The highest BCUT2D eigenvalue weighted by Crippen LogP contribution is 2.23. The fraction of sp³-hybridized carbons (Fsp3) is 0.500. The molecule has 0 spiro atoms. The number of likely N-dealkylation sites (tertiary alicyclic amines) is 1. The molecule has 1 heterocycles. The van der Waals surface area contributed by atoms with Crippen molar-refractivity contribution in [2.24, 2.45) is 5.92 Å². The number of benzene rings is 1. The van der Waals surface area contributed by atoms with Crippen LogP contribution < -0.4 is 0 Å². The van der Waals surface area contributed by atoms with E-state index in [1.807, 2.05) is 23.1 Å². The molecule has 21 heavy (non-hydrogen) atoms. The lowest BCUT2D eigenvalue weighted by atomic mass is 9.93. The molecule has 4 nitrogen and oxygen atoms in total. The predicted octanol–water partition coefficient (Wildman–Crippen LogP) is 2.99.